The van der Waals surface area contributed by atoms with Gasteiger partial charge >= 0.3 is 0 Å². The van der Waals surface area contributed by atoms with Crippen LogP contribution in [0.5, 0.6) is 5.75 Å². The highest BCUT2D eigenvalue weighted by Crippen LogP contribution is 2.29. The maximum Gasteiger partial charge on any atom is 0.133 e. The molecule has 0 aliphatic heterocycles. The van der Waals surface area contributed by atoms with E-state index in [0.717, 1.165) is 23.1 Å². The van der Waals surface area contributed by atoms with E-state index in [2.05, 4.69) is 48.8 Å². The first-order valence-electron chi connectivity index (χ1n) is 6.04. The van der Waals surface area contributed by atoms with E-state index in [1.54, 1.807) is 7.11 Å². The van der Waals surface area contributed by atoms with Crippen molar-refractivity contribution in [2.45, 2.75) is 39.2 Å². The molecule has 0 bridgehead atoms. The number of methoxy groups -OCH3 is 1. The highest BCUT2D eigenvalue weighted by molar-refractivity contribution is 9.10. The molecule has 3 heteroatoms. The molecule has 1 aromatic rings. The second kappa shape index (κ2) is 5.87. The smallest absolute Gasteiger partial charge is 0.133 e. The standard InChI is InChI=1S/C14H22BrNO/c1-5-14(16,10(2)3)9-11-6-7-13(17-4)12(15)8-11/h6-8,10H,5,9,16H2,1-4H3. The third-order valence-corrected chi connectivity index (χ3v) is 4.18. The van der Waals surface area contributed by atoms with Crippen LogP contribution in [0.15, 0.2) is 22.7 Å². The van der Waals surface area contributed by atoms with Crippen LogP contribution >= 0.6 is 15.9 Å². The summed E-state index contributed by atoms with van der Waals surface area (Å²) < 4.78 is 6.21. The van der Waals surface area contributed by atoms with E-state index in [0.29, 0.717) is 5.92 Å². The van der Waals surface area contributed by atoms with E-state index in [1.807, 2.05) is 6.07 Å². The lowest BCUT2D eigenvalue weighted by Gasteiger charge is -2.33. The summed E-state index contributed by atoms with van der Waals surface area (Å²) in [5, 5.41) is 0. The molecular formula is C14H22BrNO. The van der Waals surface area contributed by atoms with Crippen LogP contribution in [0.25, 0.3) is 0 Å². The Balaban J connectivity index is 2.91. The van der Waals surface area contributed by atoms with Crippen LogP contribution < -0.4 is 10.5 Å². The summed E-state index contributed by atoms with van der Waals surface area (Å²) in [6.45, 7) is 6.52. The molecule has 0 amide bonds. The fourth-order valence-corrected chi connectivity index (χ4v) is 2.53. The molecule has 0 aromatic heterocycles. The number of hydrogen-bond donors (Lipinski definition) is 1. The second-order valence-corrected chi connectivity index (χ2v) is 5.74. The van der Waals surface area contributed by atoms with Crippen molar-refractivity contribution in [2.75, 3.05) is 7.11 Å². The van der Waals surface area contributed by atoms with E-state index in [1.165, 1.54) is 5.56 Å². The van der Waals surface area contributed by atoms with Gasteiger partial charge in [-0.2, -0.15) is 0 Å². The fourth-order valence-electron chi connectivity index (χ4n) is 1.94. The largest absolute Gasteiger partial charge is 0.496 e. The average molecular weight is 300 g/mol. The van der Waals surface area contributed by atoms with Gasteiger partial charge in [0.1, 0.15) is 5.75 Å². The number of benzene rings is 1. The van der Waals surface area contributed by atoms with Gasteiger partial charge in [0.25, 0.3) is 0 Å². The van der Waals surface area contributed by atoms with Crippen molar-refractivity contribution >= 4 is 15.9 Å². The first kappa shape index (κ1) is 14.5. The van der Waals surface area contributed by atoms with Gasteiger partial charge < -0.3 is 10.5 Å². The normalized spacial score (nSPS) is 14.8. The third-order valence-electron chi connectivity index (χ3n) is 3.56. The van der Waals surface area contributed by atoms with Crippen LogP contribution in [-0.2, 0) is 6.42 Å². The molecular weight excluding hydrogens is 278 g/mol. The second-order valence-electron chi connectivity index (χ2n) is 4.89. The van der Waals surface area contributed by atoms with Gasteiger partial charge in [-0.1, -0.05) is 26.8 Å². The molecule has 0 aliphatic rings. The maximum absolute atomic E-state index is 6.45. The molecule has 1 atom stereocenters. The molecule has 0 fully saturated rings. The zero-order valence-corrected chi connectivity index (χ0v) is 12.7. The molecule has 0 spiro atoms. The van der Waals surface area contributed by atoms with Gasteiger partial charge in [-0.3, -0.25) is 0 Å². The van der Waals surface area contributed by atoms with Gasteiger partial charge in [0.05, 0.1) is 11.6 Å². The summed E-state index contributed by atoms with van der Waals surface area (Å²) in [5.41, 5.74) is 7.56. The molecule has 0 radical (unpaired) electrons. The third kappa shape index (κ3) is 3.46. The summed E-state index contributed by atoms with van der Waals surface area (Å²) in [6, 6.07) is 6.16. The topological polar surface area (TPSA) is 35.2 Å². The predicted molar refractivity (Wildman–Crippen MR) is 76.4 cm³/mol. The van der Waals surface area contributed by atoms with Crippen molar-refractivity contribution < 1.29 is 4.74 Å². The Bertz CT molecular complexity index is 378. The monoisotopic (exact) mass is 299 g/mol. The van der Waals surface area contributed by atoms with E-state index in [-0.39, 0.29) is 5.54 Å². The van der Waals surface area contributed by atoms with Crippen LogP contribution in [0.2, 0.25) is 0 Å². The molecule has 2 N–H and O–H groups in total. The number of rotatable bonds is 5. The Labute approximate surface area is 113 Å². The SMILES string of the molecule is CCC(N)(Cc1ccc(OC)c(Br)c1)C(C)C. The molecule has 0 saturated carbocycles. The minimum absolute atomic E-state index is 0.131. The lowest BCUT2D eigenvalue weighted by atomic mass is 9.80. The van der Waals surface area contributed by atoms with Crippen molar-refractivity contribution in [3.63, 3.8) is 0 Å². The molecule has 0 saturated heterocycles. The average Bonchev–Trinajstić information content (AvgIpc) is 2.29. The zero-order valence-electron chi connectivity index (χ0n) is 11.1. The van der Waals surface area contributed by atoms with Gasteiger partial charge in [0.2, 0.25) is 0 Å². The van der Waals surface area contributed by atoms with Gasteiger partial charge in [-0.25, -0.2) is 0 Å². The van der Waals surface area contributed by atoms with Crippen molar-refractivity contribution in [1.82, 2.24) is 0 Å². The number of hydrogen-bond acceptors (Lipinski definition) is 2. The van der Waals surface area contributed by atoms with Crippen LogP contribution in [0.3, 0.4) is 0 Å². The lowest BCUT2D eigenvalue weighted by molar-refractivity contribution is 0.296. The molecule has 1 aromatic carbocycles. The van der Waals surface area contributed by atoms with Crippen molar-refractivity contribution in [2.24, 2.45) is 11.7 Å². The van der Waals surface area contributed by atoms with Crippen LogP contribution in [-0.4, -0.2) is 12.6 Å². The van der Waals surface area contributed by atoms with Crippen LogP contribution in [0.4, 0.5) is 0 Å². The molecule has 17 heavy (non-hydrogen) atoms. The van der Waals surface area contributed by atoms with E-state index in [9.17, 15) is 0 Å². The number of halogens is 1. The Morgan fingerprint density at radius 1 is 1.41 bits per heavy atom. The van der Waals surface area contributed by atoms with Crippen LogP contribution in [0, 0.1) is 5.92 Å². The summed E-state index contributed by atoms with van der Waals surface area (Å²) >= 11 is 3.51. The fraction of sp³-hybridized carbons (Fsp3) is 0.571. The van der Waals surface area contributed by atoms with E-state index >= 15 is 0 Å². The maximum atomic E-state index is 6.45. The van der Waals surface area contributed by atoms with E-state index < -0.39 is 0 Å². The van der Waals surface area contributed by atoms with Crippen LogP contribution in [0.1, 0.15) is 32.8 Å². The zero-order chi connectivity index (χ0) is 13.1. The Morgan fingerprint density at radius 3 is 2.47 bits per heavy atom. The lowest BCUT2D eigenvalue weighted by Crippen LogP contribution is -2.46. The highest BCUT2D eigenvalue weighted by Gasteiger charge is 2.27. The molecule has 96 valence electrons. The number of nitrogens with two attached hydrogens (primary N) is 1. The minimum Gasteiger partial charge on any atom is -0.496 e. The Hall–Kier alpha value is -0.540. The van der Waals surface area contributed by atoms with Gasteiger partial charge in [-0.05, 0) is 52.4 Å². The molecule has 1 unspecified atom stereocenters. The quantitative estimate of drug-likeness (QED) is 0.898. The summed E-state index contributed by atoms with van der Waals surface area (Å²) in [4.78, 5) is 0. The van der Waals surface area contributed by atoms with Gasteiger partial charge in [0.15, 0.2) is 0 Å². The molecule has 1 rings (SSSR count). The van der Waals surface area contributed by atoms with E-state index in [4.69, 9.17) is 10.5 Å². The number of ether oxygens (including phenoxy) is 1. The van der Waals surface area contributed by atoms with Gasteiger partial charge in [0, 0.05) is 5.54 Å². The molecule has 0 heterocycles. The summed E-state index contributed by atoms with van der Waals surface area (Å²) in [7, 11) is 1.67. The van der Waals surface area contributed by atoms with Crippen molar-refractivity contribution in [3.05, 3.63) is 28.2 Å². The molecule has 0 aliphatic carbocycles. The van der Waals surface area contributed by atoms with Crippen molar-refractivity contribution in [3.8, 4) is 5.75 Å². The first-order valence-corrected chi connectivity index (χ1v) is 6.83. The summed E-state index contributed by atoms with van der Waals surface area (Å²) in [6.07, 6.45) is 1.87. The Morgan fingerprint density at radius 2 is 2.06 bits per heavy atom. The first-order chi connectivity index (χ1) is 7.92. The highest BCUT2D eigenvalue weighted by atomic mass is 79.9. The summed E-state index contributed by atoms with van der Waals surface area (Å²) in [5.74, 6) is 1.32. The minimum atomic E-state index is -0.131. The molecule has 2 nitrogen and oxygen atoms in total. The predicted octanol–water partition coefficient (Wildman–Crippen LogP) is 3.76. The van der Waals surface area contributed by atoms with Gasteiger partial charge in [-0.15, -0.1) is 0 Å². The van der Waals surface area contributed by atoms with Crippen molar-refractivity contribution in [1.29, 1.82) is 0 Å². The Kier molecular flexibility index (Phi) is 5.02.